The van der Waals surface area contributed by atoms with Crippen molar-refractivity contribution in [2.75, 3.05) is 41.7 Å². The second-order valence-corrected chi connectivity index (χ2v) is 16.2. The first-order chi connectivity index (χ1) is 36.7. The monoisotopic (exact) mass is 1120 g/mol. The summed E-state index contributed by atoms with van der Waals surface area (Å²) in [5.74, 6) is -6.21. The topological polar surface area (TPSA) is 188 Å². The molecule has 2 aliphatic heterocycles. The van der Waals surface area contributed by atoms with Crippen LogP contribution in [0.25, 0.3) is 11.4 Å². The van der Waals surface area contributed by atoms with Gasteiger partial charge in [-0.15, -0.1) is 46.7 Å². The Morgan fingerprint density at radius 2 is 0.885 bits per heavy atom. The van der Waals surface area contributed by atoms with Gasteiger partial charge in [-0.3, -0.25) is 18.7 Å². The zero-order chi connectivity index (χ0) is 57.1. The Morgan fingerprint density at radius 3 is 1.19 bits per heavy atom. The summed E-state index contributed by atoms with van der Waals surface area (Å²) in [6.45, 7) is 3.05. The molecular formula is C48H42F12N6O12. The maximum Gasteiger partial charge on any atom is 0.573 e. The highest BCUT2D eigenvalue weighted by molar-refractivity contribution is 5.71. The normalized spacial score (nSPS) is 17.1. The third-order valence-electron chi connectivity index (χ3n) is 11.3. The zero-order valence-electron chi connectivity index (χ0n) is 41.2. The van der Waals surface area contributed by atoms with Gasteiger partial charge in [0.05, 0.1) is 65.9 Å². The number of para-hydroxylation sites is 2. The Kier molecular flexibility index (Phi) is 16.9. The first kappa shape index (κ1) is 57.7. The Balaban J connectivity index is 0.000000226. The fourth-order valence-corrected chi connectivity index (χ4v) is 8.48. The molecule has 6 aromatic rings. The van der Waals surface area contributed by atoms with E-state index in [2.05, 4.69) is 29.9 Å². The molecule has 4 atom stereocenters. The van der Waals surface area contributed by atoms with Crippen molar-refractivity contribution >= 4 is 11.9 Å². The molecule has 30 heteroatoms. The predicted molar refractivity (Wildman–Crippen MR) is 239 cm³/mol. The number of rotatable bonds is 14. The number of esters is 2. The average Bonchev–Trinajstić information content (AvgIpc) is 4.15. The number of carbonyl (C=O) groups is 2. The SMILES string of the molecule is CCOC(=O)C[C@@H]1O[C@@H](c2cccc(OC)c2OC)c2cc(OC(F)(F)F)ccc2-n2c1nnc2C(F)(F)F.CCOC(=O)C[C@H]1O[C@H](c2cccc(OC)c2OC)c2cc(OC(F)(F)F)ccc2-n2c1nnc2C(F)(F)F. The van der Waals surface area contributed by atoms with E-state index in [9.17, 15) is 62.3 Å². The average molecular weight is 1120 g/mol. The molecule has 8 rings (SSSR count). The van der Waals surface area contributed by atoms with Gasteiger partial charge in [0.25, 0.3) is 0 Å². The fourth-order valence-electron chi connectivity index (χ4n) is 8.48. The van der Waals surface area contributed by atoms with Gasteiger partial charge in [0.1, 0.15) is 35.9 Å². The molecule has 0 N–H and O–H groups in total. The van der Waals surface area contributed by atoms with Gasteiger partial charge >= 0.3 is 37.0 Å². The van der Waals surface area contributed by atoms with Crippen LogP contribution in [0.5, 0.6) is 34.5 Å². The van der Waals surface area contributed by atoms with E-state index in [1.54, 1.807) is 0 Å². The number of ether oxygens (including phenoxy) is 10. The van der Waals surface area contributed by atoms with Gasteiger partial charge in [0.2, 0.25) is 11.6 Å². The van der Waals surface area contributed by atoms with Crippen LogP contribution in [0.3, 0.4) is 0 Å². The molecule has 0 saturated heterocycles. The van der Waals surface area contributed by atoms with E-state index >= 15 is 0 Å². The molecule has 18 nitrogen and oxygen atoms in total. The summed E-state index contributed by atoms with van der Waals surface area (Å²) < 4.78 is 216. The predicted octanol–water partition coefficient (Wildman–Crippen LogP) is 10.6. The molecule has 2 aromatic heterocycles. The molecule has 420 valence electrons. The van der Waals surface area contributed by atoms with Crippen molar-refractivity contribution in [1.82, 2.24) is 29.5 Å². The van der Waals surface area contributed by atoms with Crippen LogP contribution in [0.4, 0.5) is 52.7 Å². The van der Waals surface area contributed by atoms with Crippen LogP contribution >= 0.6 is 0 Å². The maximum atomic E-state index is 14.0. The third-order valence-corrected chi connectivity index (χ3v) is 11.3. The molecule has 0 radical (unpaired) electrons. The lowest BCUT2D eigenvalue weighted by Gasteiger charge is -2.25. The highest BCUT2D eigenvalue weighted by Gasteiger charge is 2.47. The van der Waals surface area contributed by atoms with E-state index in [1.165, 1.54) is 78.7 Å². The van der Waals surface area contributed by atoms with Gasteiger partial charge in [-0.25, -0.2) is 0 Å². The van der Waals surface area contributed by atoms with E-state index in [0.29, 0.717) is 9.13 Å². The number of fused-ring (bicyclic) bond motifs is 6. The third kappa shape index (κ3) is 12.5. The summed E-state index contributed by atoms with van der Waals surface area (Å²) in [4.78, 5) is 24.8. The quantitative estimate of drug-likeness (QED) is 0.0739. The lowest BCUT2D eigenvalue weighted by Crippen LogP contribution is -2.18. The molecule has 0 unspecified atom stereocenters. The van der Waals surface area contributed by atoms with E-state index in [0.717, 1.165) is 36.4 Å². The zero-order valence-corrected chi connectivity index (χ0v) is 41.2. The molecule has 0 bridgehead atoms. The number of alkyl halides is 12. The van der Waals surface area contributed by atoms with Gasteiger partial charge in [0.15, 0.2) is 34.6 Å². The van der Waals surface area contributed by atoms with Crippen molar-refractivity contribution in [3.63, 3.8) is 0 Å². The van der Waals surface area contributed by atoms with Crippen LogP contribution in [0.15, 0.2) is 72.8 Å². The van der Waals surface area contributed by atoms with Crippen molar-refractivity contribution in [2.24, 2.45) is 0 Å². The molecule has 0 saturated carbocycles. The highest BCUT2D eigenvalue weighted by atomic mass is 19.4. The second-order valence-electron chi connectivity index (χ2n) is 16.2. The van der Waals surface area contributed by atoms with Crippen LogP contribution in [-0.2, 0) is 40.9 Å². The summed E-state index contributed by atoms with van der Waals surface area (Å²) in [5.41, 5.74) is -0.495. The molecule has 0 spiro atoms. The summed E-state index contributed by atoms with van der Waals surface area (Å²) in [5, 5.41) is 13.8. The van der Waals surface area contributed by atoms with E-state index in [-0.39, 0.29) is 69.8 Å². The number of carbonyl (C=O) groups excluding carboxylic acids is 2. The van der Waals surface area contributed by atoms with Crippen molar-refractivity contribution < 1.29 is 110 Å². The molecular weight excluding hydrogens is 1080 g/mol. The first-order valence-corrected chi connectivity index (χ1v) is 22.6. The summed E-state index contributed by atoms with van der Waals surface area (Å²) >= 11 is 0. The van der Waals surface area contributed by atoms with Gasteiger partial charge in [-0.05, 0) is 62.4 Å². The summed E-state index contributed by atoms with van der Waals surface area (Å²) in [7, 11) is 5.29. The van der Waals surface area contributed by atoms with Crippen LogP contribution in [0.1, 0.15) is 96.7 Å². The van der Waals surface area contributed by atoms with Gasteiger partial charge in [-0.1, -0.05) is 24.3 Å². The number of hydrogen-bond acceptors (Lipinski definition) is 16. The standard InChI is InChI=1S/2C24H21F6N3O6/c2*1-4-37-18(34)11-17-21-31-32-22(23(25,26)27)33(21)15-9-8-12(39-24(28,29)30)10-14(15)19(38-17)13-6-5-7-16(35-2)20(13)36-3/h2*5-10,17,19H,4,11H2,1-3H3/t2*17-,19-/m10/s1. The van der Waals surface area contributed by atoms with Crippen molar-refractivity contribution in [3.8, 4) is 45.9 Å². The fraction of sp³-hybridized carbons (Fsp3) is 0.375. The molecule has 78 heavy (non-hydrogen) atoms. The molecule has 0 aliphatic carbocycles. The first-order valence-electron chi connectivity index (χ1n) is 22.6. The smallest absolute Gasteiger partial charge is 0.493 e. The van der Waals surface area contributed by atoms with Gasteiger partial charge < -0.3 is 47.4 Å². The Morgan fingerprint density at radius 1 is 0.513 bits per heavy atom. The highest BCUT2D eigenvalue weighted by Crippen LogP contribution is 2.50. The molecule has 2 aliphatic rings. The molecule has 4 heterocycles. The van der Waals surface area contributed by atoms with Crippen LogP contribution < -0.4 is 28.4 Å². The Bertz CT molecular complexity index is 2920. The van der Waals surface area contributed by atoms with Crippen molar-refractivity contribution in [2.45, 2.75) is 76.2 Å². The lowest BCUT2D eigenvalue weighted by atomic mass is 9.97. The van der Waals surface area contributed by atoms with E-state index in [4.69, 9.17) is 37.9 Å². The number of aromatic nitrogens is 6. The Labute approximate surface area is 432 Å². The number of nitrogens with zero attached hydrogens (tertiary/aromatic N) is 6. The second kappa shape index (κ2) is 22.9. The van der Waals surface area contributed by atoms with Crippen LogP contribution in [-0.4, -0.2) is 95.8 Å². The van der Waals surface area contributed by atoms with Crippen molar-refractivity contribution in [1.29, 1.82) is 0 Å². The summed E-state index contributed by atoms with van der Waals surface area (Å²) in [6.07, 6.45) is -27.1. The largest absolute Gasteiger partial charge is 0.573 e. The van der Waals surface area contributed by atoms with Gasteiger partial charge in [0, 0.05) is 22.3 Å². The minimum Gasteiger partial charge on any atom is -0.493 e. The number of benzene rings is 4. The molecule has 0 fully saturated rings. The van der Waals surface area contributed by atoms with E-state index in [1.807, 2.05) is 0 Å². The number of methoxy groups -OCH3 is 4. The van der Waals surface area contributed by atoms with Crippen LogP contribution in [0, 0.1) is 0 Å². The number of halogens is 12. The Hall–Kier alpha value is -8.02. The summed E-state index contributed by atoms with van der Waals surface area (Å²) in [6, 6.07) is 14.6. The minimum atomic E-state index is -5.09. The van der Waals surface area contributed by atoms with Crippen LogP contribution in [0.2, 0.25) is 0 Å². The lowest BCUT2D eigenvalue weighted by molar-refractivity contribution is -0.275. The number of hydrogen-bond donors (Lipinski definition) is 0. The van der Waals surface area contributed by atoms with Gasteiger partial charge in [-0.2, -0.15) is 26.3 Å². The molecule has 4 aromatic carbocycles. The van der Waals surface area contributed by atoms with Crippen molar-refractivity contribution in [3.05, 3.63) is 118 Å². The van der Waals surface area contributed by atoms with E-state index < -0.39 is 109 Å². The molecule has 0 amide bonds. The maximum absolute atomic E-state index is 14.0. The minimum absolute atomic E-state index is 0.0163.